The first-order valence-corrected chi connectivity index (χ1v) is 7.38. The highest BCUT2D eigenvalue weighted by atomic mass is 31.2. The molecule has 0 aliphatic carbocycles. The number of quaternary nitrogens is 1. The molecule has 118 valence electrons. The molecule has 0 aromatic rings. The average Bonchev–Trinajstić information content (AvgIpc) is 2.36. The van der Waals surface area contributed by atoms with Gasteiger partial charge in [-0.2, -0.15) is 13.2 Å². The molecule has 0 radical (unpaired) electrons. The Labute approximate surface area is 112 Å². The highest BCUT2D eigenvalue weighted by Crippen LogP contribution is 2.43. The molecule has 0 amide bonds. The van der Waals surface area contributed by atoms with Crippen LogP contribution in [0.1, 0.15) is 20.8 Å². The number of hydrogen-bond acceptors (Lipinski definition) is 3. The number of nitrogens with zero attached hydrogens (tertiary/aromatic N) is 1. The van der Waals surface area contributed by atoms with Crippen LogP contribution in [0.15, 0.2) is 0 Å². The van der Waals surface area contributed by atoms with E-state index in [2.05, 4.69) is 36.9 Å². The van der Waals surface area contributed by atoms with Gasteiger partial charge in [0.15, 0.2) is 6.61 Å². The summed E-state index contributed by atoms with van der Waals surface area (Å²) >= 11 is 0. The number of phosphoric ester groups is 1. The summed E-state index contributed by atoms with van der Waals surface area (Å²) in [5.74, 6) is 0. The Kier molecular flexibility index (Phi) is 9.93. The number of rotatable bonds is 6. The molecule has 0 heterocycles. The van der Waals surface area contributed by atoms with Crippen LogP contribution in [0.5, 0.6) is 0 Å². The van der Waals surface area contributed by atoms with Crippen molar-refractivity contribution in [3.63, 3.8) is 0 Å². The van der Waals surface area contributed by atoms with Crippen molar-refractivity contribution in [2.45, 2.75) is 26.9 Å². The molecule has 5 nitrogen and oxygen atoms in total. The van der Waals surface area contributed by atoms with Gasteiger partial charge in [0, 0.05) is 7.11 Å². The summed E-state index contributed by atoms with van der Waals surface area (Å²) in [6, 6.07) is 0. The molecule has 0 aromatic carbocycles. The van der Waals surface area contributed by atoms with Crippen LogP contribution in [0.3, 0.4) is 0 Å². The van der Waals surface area contributed by atoms with Crippen LogP contribution in [0, 0.1) is 0 Å². The van der Waals surface area contributed by atoms with Crippen LogP contribution in [0.25, 0.3) is 0 Å². The van der Waals surface area contributed by atoms with E-state index < -0.39 is 20.6 Å². The molecule has 9 heteroatoms. The average molecular weight is 310 g/mol. The zero-order valence-electron chi connectivity index (χ0n) is 12.0. The molecule has 0 saturated heterocycles. The molecular weight excluding hydrogens is 286 g/mol. The van der Waals surface area contributed by atoms with E-state index in [0.29, 0.717) is 0 Å². The van der Waals surface area contributed by atoms with Gasteiger partial charge in [0.2, 0.25) is 0 Å². The van der Waals surface area contributed by atoms with Crippen molar-refractivity contribution in [1.29, 1.82) is 0 Å². The second kappa shape index (κ2) is 8.92. The highest BCUT2D eigenvalue weighted by Gasteiger charge is 2.32. The van der Waals surface area contributed by atoms with E-state index in [1.807, 2.05) is 0 Å². The molecule has 0 rings (SSSR count). The summed E-state index contributed by atoms with van der Waals surface area (Å²) < 4.78 is 52.6. The minimum absolute atomic E-state index is 0.775. The van der Waals surface area contributed by atoms with Crippen molar-refractivity contribution >= 4 is 7.82 Å². The summed E-state index contributed by atoms with van der Waals surface area (Å²) in [5.41, 5.74) is 0. The molecule has 0 spiro atoms. The lowest BCUT2D eigenvalue weighted by Crippen LogP contribution is -2.42. The fourth-order valence-electron chi connectivity index (χ4n) is 0.878. The zero-order valence-corrected chi connectivity index (χ0v) is 12.9. The number of alkyl halides is 3. The van der Waals surface area contributed by atoms with Crippen LogP contribution in [-0.2, 0) is 13.6 Å². The smallest absolute Gasteiger partial charge is 0.327 e. The third-order valence-electron chi connectivity index (χ3n) is 2.91. The molecule has 0 bridgehead atoms. The van der Waals surface area contributed by atoms with Gasteiger partial charge in [-0.1, -0.05) is 0 Å². The minimum atomic E-state index is -4.63. The van der Waals surface area contributed by atoms with Crippen molar-refractivity contribution in [2.24, 2.45) is 0 Å². The minimum Gasteiger partial charge on any atom is -0.327 e. The van der Waals surface area contributed by atoms with Crippen molar-refractivity contribution in [1.82, 2.24) is 0 Å². The van der Waals surface area contributed by atoms with Gasteiger partial charge in [0.25, 0.3) is 0 Å². The van der Waals surface area contributed by atoms with E-state index in [9.17, 15) is 17.7 Å². The van der Waals surface area contributed by atoms with Crippen LogP contribution >= 0.6 is 7.82 Å². The van der Waals surface area contributed by atoms with E-state index in [0.717, 1.165) is 7.11 Å². The fourth-order valence-corrected chi connectivity index (χ4v) is 1.29. The van der Waals surface area contributed by atoms with Gasteiger partial charge in [-0.15, -0.1) is 0 Å². The molecule has 19 heavy (non-hydrogen) atoms. The van der Waals surface area contributed by atoms with Crippen LogP contribution in [0.4, 0.5) is 13.2 Å². The molecular formula is C10H24F3NO4P+. The Hall–Kier alpha value is -0.140. The van der Waals surface area contributed by atoms with Crippen LogP contribution in [0.2, 0.25) is 0 Å². The second-order valence-electron chi connectivity index (χ2n) is 4.11. The molecule has 0 saturated carbocycles. The molecule has 1 atom stereocenters. The van der Waals surface area contributed by atoms with Crippen molar-refractivity contribution < 1.29 is 36.2 Å². The number of halogens is 3. The SMILES string of the molecule is CC[N+](C)(CC)CC.COP(=O)(O)OCC(F)(F)F. The van der Waals surface area contributed by atoms with E-state index in [4.69, 9.17) is 4.89 Å². The van der Waals surface area contributed by atoms with E-state index >= 15 is 0 Å². The second-order valence-corrected chi connectivity index (χ2v) is 5.67. The zero-order chi connectivity index (χ0) is 15.7. The first-order valence-electron chi connectivity index (χ1n) is 5.88. The van der Waals surface area contributed by atoms with Crippen molar-refractivity contribution in [3.05, 3.63) is 0 Å². The van der Waals surface area contributed by atoms with Gasteiger partial charge in [0.05, 0.1) is 26.7 Å². The predicted molar refractivity (Wildman–Crippen MR) is 66.6 cm³/mol. The Bertz CT molecular complexity index is 274. The lowest BCUT2D eigenvalue weighted by Gasteiger charge is -2.30. The van der Waals surface area contributed by atoms with Gasteiger partial charge < -0.3 is 9.38 Å². The highest BCUT2D eigenvalue weighted by molar-refractivity contribution is 7.47. The Morgan fingerprint density at radius 3 is 1.68 bits per heavy atom. The summed E-state index contributed by atoms with van der Waals surface area (Å²) in [6.45, 7) is 8.70. The first kappa shape index (κ1) is 21.2. The third-order valence-corrected chi connectivity index (χ3v) is 3.83. The fraction of sp³-hybridized carbons (Fsp3) is 1.00. The molecule has 0 aromatic heterocycles. The Balaban J connectivity index is 0. The molecule has 1 N–H and O–H groups in total. The Morgan fingerprint density at radius 2 is 1.53 bits per heavy atom. The van der Waals surface area contributed by atoms with E-state index in [1.54, 1.807) is 0 Å². The van der Waals surface area contributed by atoms with Gasteiger partial charge in [-0.25, -0.2) is 4.57 Å². The maximum Gasteiger partial charge on any atom is 0.472 e. The van der Waals surface area contributed by atoms with E-state index in [1.165, 1.54) is 24.1 Å². The van der Waals surface area contributed by atoms with E-state index in [-0.39, 0.29) is 0 Å². The van der Waals surface area contributed by atoms with Crippen molar-refractivity contribution in [3.8, 4) is 0 Å². The lowest BCUT2D eigenvalue weighted by atomic mass is 10.4. The molecule has 0 fully saturated rings. The monoisotopic (exact) mass is 310 g/mol. The first-order chi connectivity index (χ1) is 8.45. The summed E-state index contributed by atoms with van der Waals surface area (Å²) in [5, 5.41) is 0. The molecule has 0 aliphatic rings. The molecule has 0 aliphatic heterocycles. The third kappa shape index (κ3) is 12.6. The number of hydrogen-bond donors (Lipinski definition) is 1. The maximum atomic E-state index is 11.3. The van der Waals surface area contributed by atoms with Gasteiger partial charge in [-0.05, 0) is 20.8 Å². The van der Waals surface area contributed by atoms with Gasteiger partial charge >= 0.3 is 14.0 Å². The largest absolute Gasteiger partial charge is 0.472 e. The van der Waals surface area contributed by atoms with Crippen LogP contribution in [-0.4, -0.2) is 56.0 Å². The number of phosphoric acid groups is 1. The summed E-state index contributed by atoms with van der Waals surface area (Å²) in [4.78, 5) is 8.30. The molecule has 1 unspecified atom stereocenters. The summed E-state index contributed by atoms with van der Waals surface area (Å²) in [7, 11) is -1.42. The summed E-state index contributed by atoms with van der Waals surface area (Å²) in [6.07, 6.45) is -4.63. The van der Waals surface area contributed by atoms with Gasteiger partial charge in [-0.3, -0.25) is 9.05 Å². The normalized spacial score (nSPS) is 15.4. The van der Waals surface area contributed by atoms with Crippen LogP contribution < -0.4 is 0 Å². The predicted octanol–water partition coefficient (Wildman–Crippen LogP) is 2.80. The quantitative estimate of drug-likeness (QED) is 0.605. The van der Waals surface area contributed by atoms with Gasteiger partial charge in [0.1, 0.15) is 0 Å². The topological polar surface area (TPSA) is 55.8 Å². The Morgan fingerprint density at radius 1 is 1.16 bits per heavy atom. The standard InChI is InChI=1S/C7H18N.C3H6F3O4P/c1-5-8(4,6-2)7-3;1-9-11(7,8)10-2-3(4,5)6/h5-7H2,1-4H3;2H2,1H3,(H,7,8)/q+1;. The van der Waals surface area contributed by atoms with Crippen molar-refractivity contribution in [2.75, 3.05) is 40.4 Å². The maximum absolute atomic E-state index is 11.3. The lowest BCUT2D eigenvalue weighted by molar-refractivity contribution is -0.904.